The Balaban J connectivity index is 0.000000151. The Hall–Kier alpha value is -9.74. The van der Waals surface area contributed by atoms with Crippen LogP contribution in [0.15, 0.2) is 166 Å². The second kappa shape index (κ2) is 30.3. The van der Waals surface area contributed by atoms with E-state index in [9.17, 15) is 51.6 Å². The lowest BCUT2D eigenvalue weighted by Gasteiger charge is -2.34. The quantitative estimate of drug-likeness (QED) is 0.0851. The van der Waals surface area contributed by atoms with Gasteiger partial charge in [-0.05, 0) is 128 Å². The number of nitrogens with zero attached hydrogens (tertiary/aromatic N) is 13. The molecule has 552 valence electrons. The predicted octanol–water partition coefficient (Wildman–Crippen LogP) is 12.9. The number of nitrogens with one attached hydrogen (secondary N) is 3. The van der Waals surface area contributed by atoms with Crippen molar-refractivity contribution in [2.45, 2.75) is 105 Å². The fourth-order valence-corrected chi connectivity index (χ4v) is 16.7. The highest BCUT2D eigenvalue weighted by Gasteiger charge is 2.32. The Morgan fingerprint density at radius 1 is 0.519 bits per heavy atom. The van der Waals surface area contributed by atoms with Crippen molar-refractivity contribution < 1.29 is 56.4 Å². The van der Waals surface area contributed by atoms with Gasteiger partial charge < -0.3 is 25.6 Å². The van der Waals surface area contributed by atoms with Gasteiger partial charge in [-0.2, -0.15) is 0 Å². The van der Waals surface area contributed by atoms with E-state index in [4.69, 9.17) is 39.5 Å². The molecule has 12 aromatic rings. The maximum atomic E-state index is 14.9. The highest BCUT2D eigenvalue weighted by Crippen LogP contribution is 2.37. The number of benzene rings is 3. The van der Waals surface area contributed by atoms with Crippen molar-refractivity contribution in [2.24, 2.45) is 0 Å². The Kier molecular flexibility index (Phi) is 21.7. The van der Waals surface area contributed by atoms with Crippen molar-refractivity contribution in [3.8, 4) is 34.2 Å². The highest BCUT2D eigenvalue weighted by atomic mass is 35.5. The summed E-state index contributed by atoms with van der Waals surface area (Å²) in [5, 5.41) is 10.6. The van der Waals surface area contributed by atoms with Crippen LogP contribution in [-0.2, 0) is 44.6 Å². The molecule has 3 N–H and O–H groups in total. The third-order valence-corrected chi connectivity index (χ3v) is 23.4. The number of anilines is 2. The highest BCUT2D eigenvalue weighted by molar-refractivity contribution is 7.91. The third kappa shape index (κ3) is 16.4. The number of sulfone groups is 1. The van der Waals surface area contributed by atoms with Crippen molar-refractivity contribution in [1.29, 1.82) is 0 Å². The maximum Gasteiger partial charge on any atom is 0.410 e. The molecular weight excluding hydrogens is 1520 g/mol. The van der Waals surface area contributed by atoms with E-state index < -0.39 is 74.1 Å². The van der Waals surface area contributed by atoms with E-state index in [2.05, 4.69) is 60.8 Å². The number of hydrogen-bond donors (Lipinski definition) is 3. The van der Waals surface area contributed by atoms with Gasteiger partial charge in [-0.3, -0.25) is 0 Å². The van der Waals surface area contributed by atoms with Gasteiger partial charge in [0, 0.05) is 108 Å². The predicted molar refractivity (Wildman–Crippen MR) is 396 cm³/mol. The molecule has 1 amide bonds. The van der Waals surface area contributed by atoms with Gasteiger partial charge in [-0.1, -0.05) is 87.9 Å². The summed E-state index contributed by atoms with van der Waals surface area (Å²) in [6.45, 7) is 13.4. The Labute approximate surface area is 622 Å². The summed E-state index contributed by atoms with van der Waals surface area (Å²) in [7, 11) is -16.1. The van der Waals surface area contributed by atoms with E-state index in [0.29, 0.717) is 65.6 Å². The lowest BCUT2D eigenvalue weighted by molar-refractivity contribution is 0.0206. The Morgan fingerprint density at radius 3 is 1.25 bits per heavy atom. The SMILES string of the molecule is Cc1ccc(S(=O)(=O)n2cc(-c3ncc(F)c(NC4CCCN(C(=O)OC(C)(C)C)C4)n3)c3cc(Cl)cnc32)cc1.Cc1ccc(S(=O)(=O)n2cc(-c3ncc(F)c(NC4CCCNC4)n3)c3cc(Cl)cnc32)cc1.Cc1ccc(S(=O)(=O)n2cc(-c3ncc(F)c(S(C)(=O)=O)n3)c3cc(Cl)cnc32)cc1. The molecule has 0 spiro atoms. The molecule has 2 aliphatic rings. The minimum Gasteiger partial charge on any atom is -0.444 e. The van der Waals surface area contributed by atoms with Crippen LogP contribution >= 0.6 is 34.8 Å². The summed E-state index contributed by atoms with van der Waals surface area (Å²) in [4.78, 5) is 51.8. The summed E-state index contributed by atoms with van der Waals surface area (Å²) in [6, 6.07) is 23.6. The zero-order valence-corrected chi connectivity index (χ0v) is 63.0. The first kappa shape index (κ1) is 75.9. The lowest BCUT2D eigenvalue weighted by atomic mass is 10.1. The normalized spacial score (nSPS) is 15.2. The number of halogens is 6. The van der Waals surface area contributed by atoms with Gasteiger partial charge >= 0.3 is 6.09 Å². The maximum absolute atomic E-state index is 14.9. The molecule has 2 aliphatic heterocycles. The van der Waals surface area contributed by atoms with Crippen LogP contribution in [0.2, 0.25) is 15.1 Å². The number of amides is 1. The molecule has 2 atom stereocenters. The van der Waals surface area contributed by atoms with Crippen LogP contribution in [0, 0.1) is 38.2 Å². The van der Waals surface area contributed by atoms with E-state index in [0.717, 1.165) is 66.6 Å². The van der Waals surface area contributed by atoms with Gasteiger partial charge in [0.1, 0.15) is 5.60 Å². The molecule has 14 rings (SSSR count). The first-order valence-electron chi connectivity index (χ1n) is 32.6. The number of pyridine rings is 3. The molecule has 11 heterocycles. The topological polar surface area (TPSA) is 333 Å². The molecule has 0 radical (unpaired) electrons. The Morgan fingerprint density at radius 2 is 0.887 bits per heavy atom. The summed E-state index contributed by atoms with van der Waals surface area (Å²) < 4.78 is 156. The monoisotopic (exact) mass is 1580 g/mol. The number of piperidine rings is 2. The number of ether oxygens (including phenoxy) is 1. The van der Waals surface area contributed by atoms with E-state index in [1.165, 1.54) is 67.5 Å². The average Bonchev–Trinajstić information content (AvgIpc) is 1.61. The lowest BCUT2D eigenvalue weighted by Crippen LogP contribution is -2.47. The van der Waals surface area contributed by atoms with Crippen molar-refractivity contribution in [2.75, 3.05) is 43.1 Å². The minimum absolute atomic E-state index is 0.0233. The zero-order valence-electron chi connectivity index (χ0n) is 57.5. The molecule has 0 bridgehead atoms. The number of carbonyl (C=O) groups excluding carboxylic acids is 1. The average molecular weight is 1580 g/mol. The zero-order chi connectivity index (χ0) is 75.9. The fraction of sp³-hybridized carbons (Fsp3) is 0.257. The van der Waals surface area contributed by atoms with Crippen LogP contribution in [0.25, 0.3) is 67.3 Å². The van der Waals surface area contributed by atoms with Crippen LogP contribution < -0.4 is 16.0 Å². The van der Waals surface area contributed by atoms with Gasteiger partial charge in [-0.15, -0.1) is 0 Å². The van der Waals surface area contributed by atoms with Gasteiger partial charge in [-0.25, -0.2) is 108 Å². The molecule has 2 fully saturated rings. The van der Waals surface area contributed by atoms with Crippen molar-refractivity contribution >= 4 is 126 Å². The number of hydrogen-bond acceptors (Lipinski definition) is 22. The summed E-state index contributed by atoms with van der Waals surface area (Å²) >= 11 is 18.5. The molecule has 0 saturated carbocycles. The summed E-state index contributed by atoms with van der Waals surface area (Å²) in [5.74, 6) is -2.32. The third-order valence-electron chi connectivity index (χ3n) is 16.8. The second-order valence-corrected chi connectivity index (χ2v) is 34.7. The number of fused-ring (bicyclic) bond motifs is 3. The molecular formula is C70H66Cl3F3N16O10S4. The number of likely N-dealkylation sites (tertiary alicyclic amines) is 1. The van der Waals surface area contributed by atoms with Gasteiger partial charge in [0.25, 0.3) is 30.1 Å². The molecule has 9 aromatic heterocycles. The molecule has 3 aromatic carbocycles. The Bertz CT molecular complexity index is 5870. The van der Waals surface area contributed by atoms with Crippen LogP contribution in [0.3, 0.4) is 0 Å². The number of aryl methyl sites for hydroxylation is 3. The molecule has 106 heavy (non-hydrogen) atoms. The summed E-state index contributed by atoms with van der Waals surface area (Å²) in [5.41, 5.74) is 3.28. The fourth-order valence-electron chi connectivity index (χ4n) is 11.6. The smallest absolute Gasteiger partial charge is 0.410 e. The second-order valence-electron chi connectivity index (χ2n) is 26.0. The molecule has 0 aliphatic carbocycles. The first-order chi connectivity index (χ1) is 50.1. The van der Waals surface area contributed by atoms with E-state index in [-0.39, 0.29) is 93.8 Å². The molecule has 36 heteroatoms. The van der Waals surface area contributed by atoms with E-state index in [1.54, 1.807) is 86.3 Å². The van der Waals surface area contributed by atoms with Crippen molar-refractivity contribution in [1.82, 2.24) is 67.0 Å². The van der Waals surface area contributed by atoms with Gasteiger partial charge in [0.15, 0.2) is 78.4 Å². The van der Waals surface area contributed by atoms with Crippen LogP contribution in [-0.4, -0.2) is 152 Å². The van der Waals surface area contributed by atoms with Gasteiger partial charge in [0.2, 0.25) is 0 Å². The molecule has 2 unspecified atom stereocenters. The molecule has 2 saturated heterocycles. The minimum atomic E-state index is -4.07. The molecule has 26 nitrogen and oxygen atoms in total. The van der Waals surface area contributed by atoms with Crippen LogP contribution in [0.4, 0.5) is 29.6 Å². The number of rotatable bonds is 14. The van der Waals surface area contributed by atoms with Crippen molar-refractivity contribution in [3.63, 3.8) is 0 Å². The largest absolute Gasteiger partial charge is 0.444 e. The van der Waals surface area contributed by atoms with Crippen LogP contribution in [0.5, 0.6) is 0 Å². The van der Waals surface area contributed by atoms with E-state index >= 15 is 0 Å². The van der Waals surface area contributed by atoms with Crippen LogP contribution in [0.1, 0.15) is 63.1 Å². The van der Waals surface area contributed by atoms with Gasteiger partial charge in [0.05, 0.1) is 48.3 Å². The number of carbonyl (C=O) groups is 1. The van der Waals surface area contributed by atoms with E-state index in [1.807, 2.05) is 20.8 Å². The number of aromatic nitrogens is 12. The van der Waals surface area contributed by atoms with Crippen molar-refractivity contribution in [3.05, 3.63) is 196 Å². The summed E-state index contributed by atoms with van der Waals surface area (Å²) in [6.07, 6.45) is 14.4. The standard InChI is InChI=1S/C28H30ClFN6O4S.C23H22ClFN6O2S.C19H14ClFN4O4S2/c1-17-7-9-20(10-8-17)41(38,39)36-16-22(21-12-18(29)13-32-26(21)36)24-31-14-23(30)25(34-24)33-19-6-5-11-35(15-19)27(37)40-28(2,3)4;1-14-4-6-17(7-5-14)34(32,33)31-13-19(18-9-15(24)10-28-23(18)31)21-27-12-20(25)22(30-21)29-16-3-2-8-26-11-16;1-11-3-5-13(6-4-11)31(28,29)25-10-15(14-7-12(20)8-23-18(14)25)17-22-9-16(21)19(24-17)30(2,26)27/h7-10,12-14,16,19H,5-6,11,15H2,1-4H3,(H,31,33,34);4-7,9-10,12-13,16,26H,2-3,8,11H2,1H3,(H,27,29,30);3-10H,1-2H3. The first-order valence-corrected chi connectivity index (χ1v) is 39.9.